The molecule has 130 valence electrons. The highest BCUT2D eigenvalue weighted by atomic mass is 16.2. The quantitative estimate of drug-likeness (QED) is 0.838. The topological polar surface area (TPSA) is 53.5 Å². The predicted molar refractivity (Wildman–Crippen MR) is 95.9 cm³/mol. The molecule has 1 aliphatic heterocycles. The van der Waals surface area contributed by atoms with Crippen LogP contribution in [0, 0.1) is 0 Å². The number of rotatable bonds is 5. The lowest BCUT2D eigenvalue weighted by atomic mass is 10.1. The predicted octanol–water partition coefficient (Wildman–Crippen LogP) is 1.93. The van der Waals surface area contributed by atoms with E-state index in [-0.39, 0.29) is 11.8 Å². The van der Waals surface area contributed by atoms with Gasteiger partial charge in [0.1, 0.15) is 0 Å². The van der Waals surface area contributed by atoms with Crippen LogP contribution in [-0.2, 0) is 22.4 Å². The number of hydrogen-bond acceptors (Lipinski definition) is 3. The van der Waals surface area contributed by atoms with Crippen LogP contribution in [0.15, 0.2) is 54.7 Å². The molecule has 0 saturated carbocycles. The van der Waals surface area contributed by atoms with Gasteiger partial charge in [-0.3, -0.25) is 14.6 Å². The summed E-state index contributed by atoms with van der Waals surface area (Å²) in [4.78, 5) is 32.6. The zero-order chi connectivity index (χ0) is 17.5. The Morgan fingerprint density at radius 1 is 0.840 bits per heavy atom. The molecule has 0 aliphatic carbocycles. The van der Waals surface area contributed by atoms with Crippen molar-refractivity contribution in [3.05, 3.63) is 66.0 Å². The molecule has 1 aromatic heterocycles. The maximum Gasteiger partial charge on any atom is 0.228 e. The number of pyridine rings is 1. The van der Waals surface area contributed by atoms with Gasteiger partial charge in [-0.25, -0.2) is 0 Å². The first-order valence-electron chi connectivity index (χ1n) is 8.72. The van der Waals surface area contributed by atoms with E-state index in [1.54, 1.807) is 6.20 Å². The number of benzene rings is 1. The van der Waals surface area contributed by atoms with Crippen LogP contribution in [0.3, 0.4) is 0 Å². The molecular weight excluding hydrogens is 314 g/mol. The van der Waals surface area contributed by atoms with Crippen molar-refractivity contribution in [3.63, 3.8) is 0 Å². The first-order chi connectivity index (χ1) is 12.2. The van der Waals surface area contributed by atoms with Crippen LogP contribution in [0.2, 0.25) is 0 Å². The van der Waals surface area contributed by atoms with Crippen LogP contribution in [-0.4, -0.2) is 52.8 Å². The van der Waals surface area contributed by atoms with Gasteiger partial charge in [-0.2, -0.15) is 0 Å². The van der Waals surface area contributed by atoms with Crippen LogP contribution in [0.5, 0.6) is 0 Å². The van der Waals surface area contributed by atoms with Crippen molar-refractivity contribution in [3.8, 4) is 0 Å². The van der Waals surface area contributed by atoms with E-state index in [1.807, 2.05) is 58.3 Å². The molecule has 1 saturated heterocycles. The largest absolute Gasteiger partial charge is 0.339 e. The summed E-state index contributed by atoms with van der Waals surface area (Å²) in [5.41, 5.74) is 1.97. The Labute approximate surface area is 148 Å². The monoisotopic (exact) mass is 337 g/mol. The van der Waals surface area contributed by atoms with Gasteiger partial charge in [0.15, 0.2) is 0 Å². The minimum absolute atomic E-state index is 0.0788. The molecule has 2 heterocycles. The molecule has 0 bridgehead atoms. The minimum atomic E-state index is 0.0788. The molecule has 0 atom stereocenters. The van der Waals surface area contributed by atoms with Crippen molar-refractivity contribution in [1.82, 2.24) is 14.8 Å². The molecule has 5 nitrogen and oxygen atoms in total. The minimum Gasteiger partial charge on any atom is -0.339 e. The third-order valence-electron chi connectivity index (χ3n) is 4.51. The molecule has 0 unspecified atom stereocenters. The summed E-state index contributed by atoms with van der Waals surface area (Å²) < 4.78 is 0. The number of nitrogens with zero attached hydrogens (tertiary/aromatic N) is 3. The second-order valence-electron chi connectivity index (χ2n) is 6.25. The number of piperazine rings is 1. The average Bonchev–Trinajstić information content (AvgIpc) is 2.68. The Balaban J connectivity index is 1.43. The Kier molecular flexibility index (Phi) is 5.77. The molecule has 1 aliphatic rings. The van der Waals surface area contributed by atoms with Crippen molar-refractivity contribution >= 4 is 11.8 Å². The lowest BCUT2D eigenvalue weighted by Gasteiger charge is -2.35. The van der Waals surface area contributed by atoms with Gasteiger partial charge in [-0.05, 0) is 24.1 Å². The molecule has 2 aromatic rings. The van der Waals surface area contributed by atoms with Crippen LogP contribution >= 0.6 is 0 Å². The third-order valence-corrected chi connectivity index (χ3v) is 4.51. The lowest BCUT2D eigenvalue weighted by Crippen LogP contribution is -2.51. The fraction of sp³-hybridized carbons (Fsp3) is 0.350. The number of hydrogen-bond donors (Lipinski definition) is 0. The Hall–Kier alpha value is -2.69. The van der Waals surface area contributed by atoms with E-state index in [1.165, 1.54) is 5.56 Å². The van der Waals surface area contributed by atoms with Gasteiger partial charge >= 0.3 is 0 Å². The molecule has 0 radical (unpaired) electrons. The second-order valence-corrected chi connectivity index (χ2v) is 6.25. The van der Waals surface area contributed by atoms with Gasteiger partial charge in [-0.1, -0.05) is 36.4 Å². The Morgan fingerprint density at radius 3 is 2.12 bits per heavy atom. The first-order valence-corrected chi connectivity index (χ1v) is 8.72. The molecular formula is C20H23N3O2. The highest BCUT2D eigenvalue weighted by Gasteiger charge is 2.24. The van der Waals surface area contributed by atoms with E-state index in [9.17, 15) is 9.59 Å². The number of carbonyl (C=O) groups excluding carboxylic acids is 2. The fourth-order valence-corrected chi connectivity index (χ4v) is 3.03. The highest BCUT2D eigenvalue weighted by molar-refractivity contribution is 5.79. The van der Waals surface area contributed by atoms with Crippen molar-refractivity contribution < 1.29 is 9.59 Å². The van der Waals surface area contributed by atoms with Crippen molar-refractivity contribution in [2.75, 3.05) is 26.2 Å². The summed E-state index contributed by atoms with van der Waals surface area (Å²) in [5, 5.41) is 0. The molecule has 1 aromatic carbocycles. The molecule has 0 spiro atoms. The van der Waals surface area contributed by atoms with E-state index < -0.39 is 0 Å². The van der Waals surface area contributed by atoms with Gasteiger partial charge in [0.05, 0.1) is 6.42 Å². The van der Waals surface area contributed by atoms with E-state index in [0.29, 0.717) is 39.0 Å². The van der Waals surface area contributed by atoms with E-state index in [2.05, 4.69) is 4.98 Å². The normalized spacial score (nSPS) is 14.4. The van der Waals surface area contributed by atoms with Gasteiger partial charge in [0.2, 0.25) is 11.8 Å². The van der Waals surface area contributed by atoms with Gasteiger partial charge in [-0.15, -0.1) is 0 Å². The fourth-order valence-electron chi connectivity index (χ4n) is 3.03. The number of amides is 2. The number of carbonyl (C=O) groups is 2. The summed E-state index contributed by atoms with van der Waals surface area (Å²) in [7, 11) is 0. The maximum atomic E-state index is 12.4. The molecule has 5 heteroatoms. The second kappa shape index (κ2) is 8.42. The first kappa shape index (κ1) is 17.1. The third kappa shape index (κ3) is 4.89. The summed E-state index contributed by atoms with van der Waals surface area (Å²) in [5.74, 6) is 0.246. The summed E-state index contributed by atoms with van der Waals surface area (Å²) in [6.07, 6.45) is 3.30. The smallest absolute Gasteiger partial charge is 0.228 e. The SMILES string of the molecule is O=C(CCc1ccccc1)N1CCN(C(=O)Cc2ccccn2)CC1. The molecule has 25 heavy (non-hydrogen) atoms. The van der Waals surface area contributed by atoms with E-state index >= 15 is 0 Å². The zero-order valence-electron chi connectivity index (χ0n) is 14.3. The van der Waals surface area contributed by atoms with Crippen molar-refractivity contribution in [2.24, 2.45) is 0 Å². The maximum absolute atomic E-state index is 12.4. The van der Waals surface area contributed by atoms with Gasteiger partial charge < -0.3 is 9.80 Å². The van der Waals surface area contributed by atoms with Crippen LogP contribution < -0.4 is 0 Å². The highest BCUT2D eigenvalue weighted by Crippen LogP contribution is 2.09. The van der Waals surface area contributed by atoms with Gasteiger partial charge in [0, 0.05) is 44.5 Å². The molecule has 1 fully saturated rings. The number of aryl methyl sites for hydroxylation is 1. The Bertz CT molecular complexity index is 695. The van der Waals surface area contributed by atoms with E-state index in [4.69, 9.17) is 0 Å². The standard InChI is InChI=1S/C20H23N3O2/c24-19(10-9-17-6-2-1-3-7-17)22-12-14-23(15-13-22)20(25)16-18-8-4-5-11-21-18/h1-8,11H,9-10,12-16H2. The summed E-state index contributed by atoms with van der Waals surface area (Å²) >= 11 is 0. The van der Waals surface area contributed by atoms with Crippen LogP contribution in [0.4, 0.5) is 0 Å². The zero-order valence-corrected chi connectivity index (χ0v) is 14.3. The van der Waals surface area contributed by atoms with Crippen molar-refractivity contribution in [2.45, 2.75) is 19.3 Å². The van der Waals surface area contributed by atoms with Crippen LogP contribution in [0.1, 0.15) is 17.7 Å². The van der Waals surface area contributed by atoms with Gasteiger partial charge in [0.25, 0.3) is 0 Å². The molecule has 0 N–H and O–H groups in total. The Morgan fingerprint density at radius 2 is 1.48 bits per heavy atom. The number of aromatic nitrogens is 1. The lowest BCUT2D eigenvalue weighted by molar-refractivity contribution is -0.139. The molecule has 2 amide bonds. The summed E-state index contributed by atoms with van der Waals surface area (Å²) in [6.45, 7) is 2.43. The van der Waals surface area contributed by atoms with E-state index in [0.717, 1.165) is 12.1 Å². The summed E-state index contributed by atoms with van der Waals surface area (Å²) in [6, 6.07) is 15.6. The molecule has 3 rings (SSSR count). The van der Waals surface area contributed by atoms with Crippen LogP contribution in [0.25, 0.3) is 0 Å². The van der Waals surface area contributed by atoms with Crippen molar-refractivity contribution in [1.29, 1.82) is 0 Å². The average molecular weight is 337 g/mol.